The maximum absolute atomic E-state index is 12.4. The predicted octanol–water partition coefficient (Wildman–Crippen LogP) is 3.06. The average Bonchev–Trinajstić information content (AvgIpc) is 2.81. The van der Waals surface area contributed by atoms with Crippen molar-refractivity contribution in [2.45, 2.75) is 6.18 Å². The Bertz CT molecular complexity index is 658. The summed E-state index contributed by atoms with van der Waals surface area (Å²) in [4.78, 5) is 11.5. The van der Waals surface area contributed by atoms with Gasteiger partial charge in [0.25, 0.3) is 0 Å². The molecule has 1 aromatic carbocycles. The minimum absolute atomic E-state index is 0.291. The van der Waals surface area contributed by atoms with Gasteiger partial charge in [0, 0.05) is 13.1 Å². The molecule has 7 heteroatoms. The molecule has 0 N–H and O–H groups in total. The number of carbonyl (C=O) groups is 1. The first kappa shape index (κ1) is 14.8. The maximum atomic E-state index is 12.4. The van der Waals surface area contributed by atoms with Crippen LogP contribution in [0.5, 0.6) is 5.75 Å². The second-order valence-corrected chi connectivity index (χ2v) is 4.22. The Kier molecular flexibility index (Phi) is 4.11. The number of aryl methyl sites for hydroxylation is 1. The smallest absolute Gasteiger partial charge is 0.416 e. The molecule has 2 rings (SSSR count). The molecule has 110 valence electrons. The Morgan fingerprint density at radius 1 is 1.29 bits per heavy atom. The van der Waals surface area contributed by atoms with E-state index in [-0.39, 0.29) is 0 Å². The van der Waals surface area contributed by atoms with Crippen LogP contribution in [0.25, 0.3) is 6.08 Å². The van der Waals surface area contributed by atoms with Gasteiger partial charge in [-0.3, -0.25) is 4.68 Å². The molecule has 0 bridgehead atoms. The van der Waals surface area contributed by atoms with Crippen LogP contribution in [0.3, 0.4) is 0 Å². The summed E-state index contributed by atoms with van der Waals surface area (Å²) in [5.74, 6) is -0.345. The zero-order valence-electron chi connectivity index (χ0n) is 11.0. The van der Waals surface area contributed by atoms with E-state index < -0.39 is 17.7 Å². The van der Waals surface area contributed by atoms with Gasteiger partial charge in [0.05, 0.1) is 18.0 Å². The van der Waals surface area contributed by atoms with Crippen LogP contribution < -0.4 is 4.74 Å². The van der Waals surface area contributed by atoms with E-state index in [1.807, 2.05) is 0 Å². The number of aromatic nitrogens is 2. The molecule has 0 saturated carbocycles. The lowest BCUT2D eigenvalue weighted by molar-refractivity contribution is -0.137. The maximum Gasteiger partial charge on any atom is 0.416 e. The molecule has 21 heavy (non-hydrogen) atoms. The van der Waals surface area contributed by atoms with Crippen molar-refractivity contribution in [2.24, 2.45) is 7.05 Å². The van der Waals surface area contributed by atoms with Gasteiger partial charge in [-0.25, -0.2) is 4.79 Å². The summed E-state index contributed by atoms with van der Waals surface area (Å²) in [6.07, 6.45) is 1.03. The highest BCUT2D eigenvalue weighted by molar-refractivity contribution is 5.88. The number of benzene rings is 1. The lowest BCUT2D eigenvalue weighted by Gasteiger charge is -2.05. The van der Waals surface area contributed by atoms with Crippen molar-refractivity contribution >= 4 is 12.0 Å². The van der Waals surface area contributed by atoms with Crippen LogP contribution in [0.15, 0.2) is 42.7 Å². The summed E-state index contributed by atoms with van der Waals surface area (Å²) in [5.41, 5.74) is -0.274. The summed E-state index contributed by atoms with van der Waals surface area (Å²) in [5, 5.41) is 3.83. The van der Waals surface area contributed by atoms with E-state index in [2.05, 4.69) is 5.10 Å². The predicted molar refractivity (Wildman–Crippen MR) is 69.3 cm³/mol. The van der Waals surface area contributed by atoms with Gasteiger partial charge in [-0.2, -0.15) is 18.3 Å². The van der Waals surface area contributed by atoms with Crippen LogP contribution in [-0.2, 0) is 18.0 Å². The lowest BCUT2D eigenvalue weighted by atomic mass is 10.1. The Morgan fingerprint density at radius 2 is 1.95 bits per heavy atom. The van der Waals surface area contributed by atoms with Crippen LogP contribution in [0.2, 0.25) is 0 Å². The number of alkyl halides is 3. The molecule has 4 nitrogen and oxygen atoms in total. The van der Waals surface area contributed by atoms with Gasteiger partial charge in [0.1, 0.15) is 0 Å². The van der Waals surface area contributed by atoms with Crippen LogP contribution in [0, 0.1) is 0 Å². The number of nitrogens with zero attached hydrogens (tertiary/aromatic N) is 2. The van der Waals surface area contributed by atoms with Crippen molar-refractivity contribution in [2.75, 3.05) is 0 Å². The Hall–Kier alpha value is -2.57. The van der Waals surface area contributed by atoms with Gasteiger partial charge in [0.15, 0.2) is 5.75 Å². The zero-order valence-corrected chi connectivity index (χ0v) is 11.0. The third-order valence-electron chi connectivity index (χ3n) is 2.55. The topological polar surface area (TPSA) is 44.1 Å². The largest absolute Gasteiger partial charge is 0.420 e. The number of carbonyl (C=O) groups excluding carboxylic acids is 1. The normalized spacial score (nSPS) is 11.8. The molecule has 1 heterocycles. The van der Waals surface area contributed by atoms with Crippen LogP contribution in [-0.4, -0.2) is 15.7 Å². The van der Waals surface area contributed by atoms with Crippen LogP contribution in [0.4, 0.5) is 13.2 Å². The summed E-state index contributed by atoms with van der Waals surface area (Å²) < 4.78 is 43.6. The van der Waals surface area contributed by atoms with E-state index in [4.69, 9.17) is 4.74 Å². The lowest BCUT2D eigenvalue weighted by Crippen LogP contribution is -2.04. The summed E-state index contributed by atoms with van der Waals surface area (Å²) >= 11 is 0. The van der Waals surface area contributed by atoms with Gasteiger partial charge < -0.3 is 4.74 Å². The first-order chi connectivity index (χ1) is 9.84. The molecule has 0 atom stereocenters. The summed E-state index contributed by atoms with van der Waals surface area (Å²) in [7, 11) is 1.68. The molecular formula is C14H11F3N2O2. The van der Waals surface area contributed by atoms with Crippen molar-refractivity contribution in [3.05, 3.63) is 53.9 Å². The molecule has 0 aliphatic heterocycles. The minimum Gasteiger partial charge on any atom is -0.420 e. The number of hydrogen-bond donors (Lipinski definition) is 0. The van der Waals surface area contributed by atoms with Gasteiger partial charge in [-0.15, -0.1) is 0 Å². The van der Waals surface area contributed by atoms with E-state index in [1.54, 1.807) is 7.05 Å². The molecular weight excluding hydrogens is 285 g/mol. The SMILES string of the molecule is Cn1cc(OC(=O)/C=C/c2ccc(C(F)(F)F)cc2)cn1. The van der Waals surface area contributed by atoms with Gasteiger partial charge in [-0.1, -0.05) is 12.1 Å². The highest BCUT2D eigenvalue weighted by Crippen LogP contribution is 2.29. The van der Waals surface area contributed by atoms with Crippen molar-refractivity contribution in [3.63, 3.8) is 0 Å². The molecule has 0 saturated heterocycles. The van der Waals surface area contributed by atoms with Crippen LogP contribution in [0.1, 0.15) is 11.1 Å². The monoisotopic (exact) mass is 296 g/mol. The molecule has 0 radical (unpaired) electrons. The fourth-order valence-corrected chi connectivity index (χ4v) is 1.55. The van der Waals surface area contributed by atoms with Crippen molar-refractivity contribution < 1.29 is 22.7 Å². The van der Waals surface area contributed by atoms with E-state index in [0.29, 0.717) is 11.3 Å². The fourth-order valence-electron chi connectivity index (χ4n) is 1.55. The molecule has 0 spiro atoms. The standard InChI is InChI=1S/C14H11F3N2O2/c1-19-9-12(8-18-19)21-13(20)7-4-10-2-5-11(6-3-10)14(15,16)17/h2-9H,1H3/b7-4+. The molecule has 0 unspecified atom stereocenters. The van der Waals surface area contributed by atoms with Crippen molar-refractivity contribution in [1.29, 1.82) is 0 Å². The highest BCUT2D eigenvalue weighted by atomic mass is 19.4. The molecule has 0 fully saturated rings. The fraction of sp³-hybridized carbons (Fsp3) is 0.143. The number of halogens is 3. The zero-order chi connectivity index (χ0) is 15.5. The summed E-state index contributed by atoms with van der Waals surface area (Å²) in [6, 6.07) is 4.45. The third-order valence-corrected chi connectivity index (χ3v) is 2.55. The van der Waals surface area contributed by atoms with E-state index >= 15 is 0 Å². The second-order valence-electron chi connectivity index (χ2n) is 4.22. The molecule has 2 aromatic rings. The minimum atomic E-state index is -4.37. The highest BCUT2D eigenvalue weighted by Gasteiger charge is 2.29. The van der Waals surface area contributed by atoms with E-state index in [9.17, 15) is 18.0 Å². The van der Waals surface area contributed by atoms with Gasteiger partial charge in [-0.05, 0) is 23.8 Å². The first-order valence-electron chi connectivity index (χ1n) is 5.90. The average molecular weight is 296 g/mol. The summed E-state index contributed by atoms with van der Waals surface area (Å²) in [6.45, 7) is 0. The third kappa shape index (κ3) is 4.20. The van der Waals surface area contributed by atoms with E-state index in [1.165, 1.54) is 35.3 Å². The Morgan fingerprint density at radius 3 is 2.48 bits per heavy atom. The van der Waals surface area contributed by atoms with Crippen molar-refractivity contribution in [1.82, 2.24) is 9.78 Å². The van der Waals surface area contributed by atoms with E-state index in [0.717, 1.165) is 18.2 Å². The Labute approximate surface area is 118 Å². The molecule has 0 aliphatic rings. The second kappa shape index (κ2) is 5.82. The number of ether oxygens (including phenoxy) is 1. The van der Waals surface area contributed by atoms with Gasteiger partial charge in [0.2, 0.25) is 0 Å². The van der Waals surface area contributed by atoms with Gasteiger partial charge >= 0.3 is 12.1 Å². The number of esters is 1. The quantitative estimate of drug-likeness (QED) is 0.646. The molecule has 0 amide bonds. The number of rotatable bonds is 3. The number of hydrogen-bond acceptors (Lipinski definition) is 3. The molecule has 0 aliphatic carbocycles. The molecule has 1 aromatic heterocycles. The van der Waals surface area contributed by atoms with Crippen molar-refractivity contribution in [3.8, 4) is 5.75 Å². The first-order valence-corrected chi connectivity index (χ1v) is 5.90. The van der Waals surface area contributed by atoms with Crippen LogP contribution >= 0.6 is 0 Å². The Balaban J connectivity index is 1.99.